The predicted octanol–water partition coefficient (Wildman–Crippen LogP) is 2.10. The zero-order chi connectivity index (χ0) is 14.6. The monoisotopic (exact) mass is 311 g/mol. The summed E-state index contributed by atoms with van der Waals surface area (Å²) in [5, 5.41) is 0.526. The van der Waals surface area contributed by atoms with Crippen molar-refractivity contribution in [3.05, 3.63) is 59.1 Å². The Morgan fingerprint density at radius 1 is 1.05 bits per heavy atom. The highest BCUT2D eigenvalue weighted by Gasteiger charge is 2.14. The van der Waals surface area contributed by atoms with Crippen LogP contribution in [0.15, 0.2) is 53.4 Å². The number of hydrogen-bond acceptors (Lipinski definition) is 4. The van der Waals surface area contributed by atoms with E-state index in [2.05, 4.69) is 10.1 Å². The first kappa shape index (κ1) is 14.8. The minimum absolute atomic E-state index is 0.138. The summed E-state index contributed by atoms with van der Waals surface area (Å²) < 4.78 is 26.7. The molecule has 0 aliphatic heterocycles. The number of nitrogen functional groups attached to an aromatic ring is 1. The molecular weight excluding hydrogens is 298 g/mol. The number of anilines is 1. The lowest BCUT2D eigenvalue weighted by molar-refractivity contribution is 0.581. The lowest BCUT2D eigenvalue weighted by atomic mass is 10.2. The van der Waals surface area contributed by atoms with E-state index in [1.807, 2.05) is 0 Å². The third-order valence-electron chi connectivity index (χ3n) is 2.74. The fourth-order valence-corrected chi connectivity index (χ4v) is 2.84. The second-order valence-electron chi connectivity index (χ2n) is 4.08. The van der Waals surface area contributed by atoms with Gasteiger partial charge in [-0.05, 0) is 35.9 Å². The van der Waals surface area contributed by atoms with Crippen LogP contribution < -0.4 is 16.0 Å². The molecule has 20 heavy (non-hydrogen) atoms. The Bertz CT molecular complexity index is 687. The van der Waals surface area contributed by atoms with Crippen molar-refractivity contribution >= 4 is 27.3 Å². The molecule has 2 aromatic rings. The van der Waals surface area contributed by atoms with Gasteiger partial charge in [0.05, 0.1) is 4.90 Å². The molecule has 0 aromatic heterocycles. The van der Waals surface area contributed by atoms with Crippen LogP contribution in [0.3, 0.4) is 0 Å². The molecule has 2 aromatic carbocycles. The van der Waals surface area contributed by atoms with Gasteiger partial charge in [0.1, 0.15) is 0 Å². The fraction of sp³-hybridized carbons (Fsp3) is 0.0769. The van der Waals surface area contributed by atoms with Crippen molar-refractivity contribution in [2.24, 2.45) is 5.84 Å². The molecule has 0 amide bonds. The predicted molar refractivity (Wildman–Crippen MR) is 79.7 cm³/mol. The number of hydrogen-bond donors (Lipinski definition) is 3. The number of nitrogens with one attached hydrogen (secondary N) is 2. The van der Waals surface area contributed by atoms with Gasteiger partial charge in [0.2, 0.25) is 10.0 Å². The SMILES string of the molecule is NNc1ccc(S(=O)(=O)NCc2ccccc2Cl)cc1. The second kappa shape index (κ2) is 6.23. The van der Waals surface area contributed by atoms with Crippen molar-refractivity contribution in [3.8, 4) is 0 Å². The molecule has 7 heteroatoms. The van der Waals surface area contributed by atoms with E-state index in [0.717, 1.165) is 5.56 Å². The lowest BCUT2D eigenvalue weighted by Gasteiger charge is -2.08. The molecule has 4 N–H and O–H groups in total. The molecule has 0 atom stereocenters. The average molecular weight is 312 g/mol. The standard InChI is InChI=1S/C13H14ClN3O2S/c14-13-4-2-1-3-10(13)9-16-20(18,19)12-7-5-11(17-15)6-8-12/h1-8,16-17H,9,15H2. The number of hydrazine groups is 1. The van der Waals surface area contributed by atoms with Crippen LogP contribution in [-0.2, 0) is 16.6 Å². The van der Waals surface area contributed by atoms with Crippen LogP contribution in [0, 0.1) is 0 Å². The van der Waals surface area contributed by atoms with E-state index in [9.17, 15) is 8.42 Å². The lowest BCUT2D eigenvalue weighted by Crippen LogP contribution is -2.23. The van der Waals surface area contributed by atoms with Crippen molar-refractivity contribution in [1.82, 2.24) is 4.72 Å². The smallest absolute Gasteiger partial charge is 0.240 e. The van der Waals surface area contributed by atoms with Crippen molar-refractivity contribution in [1.29, 1.82) is 0 Å². The molecule has 0 heterocycles. The summed E-state index contributed by atoms with van der Waals surface area (Å²) >= 11 is 5.98. The number of nitrogens with two attached hydrogens (primary N) is 1. The first-order valence-corrected chi connectivity index (χ1v) is 7.69. The quantitative estimate of drug-likeness (QED) is 0.583. The molecule has 0 bridgehead atoms. The largest absolute Gasteiger partial charge is 0.324 e. The molecule has 2 rings (SSSR count). The third kappa shape index (κ3) is 3.49. The Labute approximate surface area is 122 Å². The van der Waals surface area contributed by atoms with Gasteiger partial charge in [-0.2, -0.15) is 0 Å². The Balaban J connectivity index is 2.13. The maximum Gasteiger partial charge on any atom is 0.240 e. The summed E-state index contributed by atoms with van der Waals surface area (Å²) in [6.45, 7) is 0.138. The van der Waals surface area contributed by atoms with Crippen molar-refractivity contribution in [2.75, 3.05) is 5.43 Å². The third-order valence-corrected chi connectivity index (χ3v) is 4.53. The summed E-state index contributed by atoms with van der Waals surface area (Å²) in [5.74, 6) is 5.23. The van der Waals surface area contributed by atoms with Crippen LogP contribution >= 0.6 is 11.6 Å². The van der Waals surface area contributed by atoms with Crippen LogP contribution in [-0.4, -0.2) is 8.42 Å². The molecule has 106 valence electrons. The highest BCUT2D eigenvalue weighted by Crippen LogP contribution is 2.17. The van der Waals surface area contributed by atoms with Gasteiger partial charge in [-0.15, -0.1) is 0 Å². The van der Waals surface area contributed by atoms with E-state index in [-0.39, 0.29) is 11.4 Å². The molecule has 0 saturated carbocycles. The average Bonchev–Trinajstić information content (AvgIpc) is 2.46. The van der Waals surface area contributed by atoms with Crippen LogP contribution in [0.1, 0.15) is 5.56 Å². The van der Waals surface area contributed by atoms with E-state index in [1.54, 1.807) is 36.4 Å². The maximum absolute atomic E-state index is 12.1. The van der Waals surface area contributed by atoms with Gasteiger partial charge < -0.3 is 5.43 Å². The van der Waals surface area contributed by atoms with Crippen molar-refractivity contribution in [3.63, 3.8) is 0 Å². The minimum atomic E-state index is -3.58. The minimum Gasteiger partial charge on any atom is -0.324 e. The van der Waals surface area contributed by atoms with Crippen LogP contribution in [0.2, 0.25) is 5.02 Å². The first-order valence-electron chi connectivity index (χ1n) is 5.83. The molecule has 0 saturated heterocycles. The molecule has 0 aliphatic carbocycles. The number of sulfonamides is 1. The summed E-state index contributed by atoms with van der Waals surface area (Å²) in [4.78, 5) is 0.170. The van der Waals surface area contributed by atoms with Gasteiger partial charge >= 0.3 is 0 Å². The fourth-order valence-electron chi connectivity index (χ4n) is 1.63. The molecule has 5 nitrogen and oxygen atoms in total. The first-order chi connectivity index (χ1) is 9.53. The highest BCUT2D eigenvalue weighted by atomic mass is 35.5. The molecule has 0 aliphatic rings. The topological polar surface area (TPSA) is 84.2 Å². The zero-order valence-electron chi connectivity index (χ0n) is 10.5. The second-order valence-corrected chi connectivity index (χ2v) is 6.26. The van der Waals surface area contributed by atoms with E-state index >= 15 is 0 Å². The Kier molecular flexibility index (Phi) is 4.61. The molecular formula is C13H14ClN3O2S. The van der Waals surface area contributed by atoms with Gasteiger partial charge in [0.25, 0.3) is 0 Å². The zero-order valence-corrected chi connectivity index (χ0v) is 12.1. The van der Waals surface area contributed by atoms with E-state index < -0.39 is 10.0 Å². The van der Waals surface area contributed by atoms with E-state index in [0.29, 0.717) is 10.7 Å². The van der Waals surface area contributed by atoms with Gasteiger partial charge in [0, 0.05) is 17.3 Å². The van der Waals surface area contributed by atoms with Gasteiger partial charge in [-0.3, -0.25) is 5.84 Å². The molecule has 0 unspecified atom stereocenters. The Morgan fingerprint density at radius 3 is 2.30 bits per heavy atom. The van der Waals surface area contributed by atoms with Crippen molar-refractivity contribution < 1.29 is 8.42 Å². The van der Waals surface area contributed by atoms with Crippen LogP contribution in [0.4, 0.5) is 5.69 Å². The molecule has 0 radical (unpaired) electrons. The van der Waals surface area contributed by atoms with Crippen LogP contribution in [0.25, 0.3) is 0 Å². The van der Waals surface area contributed by atoms with E-state index in [1.165, 1.54) is 12.1 Å². The number of benzene rings is 2. The number of halogens is 1. The van der Waals surface area contributed by atoms with Gasteiger partial charge in [0.15, 0.2) is 0 Å². The summed E-state index contributed by atoms with van der Waals surface area (Å²) in [6.07, 6.45) is 0. The van der Waals surface area contributed by atoms with E-state index in [4.69, 9.17) is 17.4 Å². The maximum atomic E-state index is 12.1. The normalized spacial score (nSPS) is 11.3. The summed E-state index contributed by atoms with van der Waals surface area (Å²) in [5.41, 5.74) is 3.79. The Hall–Kier alpha value is -1.60. The van der Waals surface area contributed by atoms with Gasteiger partial charge in [-0.25, -0.2) is 13.1 Å². The van der Waals surface area contributed by atoms with Crippen LogP contribution in [0.5, 0.6) is 0 Å². The highest BCUT2D eigenvalue weighted by molar-refractivity contribution is 7.89. The molecule has 0 spiro atoms. The molecule has 0 fully saturated rings. The summed E-state index contributed by atoms with van der Waals surface area (Å²) in [7, 11) is -3.58. The van der Waals surface area contributed by atoms with Gasteiger partial charge in [-0.1, -0.05) is 29.8 Å². The number of rotatable bonds is 5. The van der Waals surface area contributed by atoms with Crippen molar-refractivity contribution in [2.45, 2.75) is 11.4 Å². The Morgan fingerprint density at radius 2 is 1.70 bits per heavy atom. The summed E-state index contributed by atoms with van der Waals surface area (Å²) in [6, 6.07) is 13.2.